The van der Waals surface area contributed by atoms with Crippen LogP contribution >= 0.6 is 55.2 Å². The van der Waals surface area contributed by atoms with Crippen LogP contribution in [0.15, 0.2) is 38.1 Å². The van der Waals surface area contributed by atoms with Crippen LogP contribution < -0.4 is 0 Å². The minimum Gasteiger partial charge on any atom is -0.236 e. The molecule has 2 rings (SSSR count). The summed E-state index contributed by atoms with van der Waals surface area (Å²) in [6, 6.07) is 8.12. The van der Waals surface area contributed by atoms with E-state index in [4.69, 9.17) is 11.6 Å². The first-order valence-corrected chi connectivity index (χ1v) is 9.15. The molecule has 0 saturated heterocycles. The molecule has 6 heteroatoms. The molecule has 0 aliphatic carbocycles. The summed E-state index contributed by atoms with van der Waals surface area (Å²) in [6.45, 7) is 2.12. The van der Waals surface area contributed by atoms with E-state index in [0.29, 0.717) is 10.9 Å². The molecule has 0 spiro atoms. The molecule has 1 heterocycles. The maximum absolute atomic E-state index is 6.15. The molecular formula is C14H13Br2ClN2S. The first-order valence-electron chi connectivity index (χ1n) is 6.20. The molecular weight excluding hydrogens is 423 g/mol. The van der Waals surface area contributed by atoms with E-state index in [-0.39, 0.29) is 0 Å². The number of thioether (sulfide) groups is 1. The second kappa shape index (κ2) is 7.78. The lowest BCUT2D eigenvalue weighted by atomic mass is 10.2. The molecule has 0 fully saturated rings. The normalized spacial score (nSPS) is 10.8. The lowest BCUT2D eigenvalue weighted by Gasteiger charge is -2.08. The fourth-order valence-electron chi connectivity index (χ4n) is 1.68. The predicted octanol–water partition coefficient (Wildman–Crippen LogP) is 5.90. The number of benzene rings is 1. The zero-order valence-corrected chi connectivity index (χ0v) is 15.6. The van der Waals surface area contributed by atoms with Gasteiger partial charge in [0.1, 0.15) is 11.0 Å². The molecule has 0 bridgehead atoms. The van der Waals surface area contributed by atoms with Gasteiger partial charge in [0.25, 0.3) is 0 Å². The highest BCUT2D eigenvalue weighted by Crippen LogP contribution is 2.30. The van der Waals surface area contributed by atoms with Crippen molar-refractivity contribution in [1.29, 1.82) is 0 Å². The van der Waals surface area contributed by atoms with Crippen molar-refractivity contribution in [3.63, 3.8) is 0 Å². The molecule has 0 atom stereocenters. The predicted molar refractivity (Wildman–Crippen MR) is 92.4 cm³/mol. The van der Waals surface area contributed by atoms with E-state index in [0.717, 1.165) is 33.3 Å². The van der Waals surface area contributed by atoms with Crippen molar-refractivity contribution in [2.24, 2.45) is 0 Å². The molecule has 1 aromatic heterocycles. The Morgan fingerprint density at radius 2 is 1.95 bits per heavy atom. The molecule has 2 aromatic rings. The van der Waals surface area contributed by atoms with Crippen molar-refractivity contribution in [1.82, 2.24) is 9.97 Å². The quantitative estimate of drug-likeness (QED) is 0.431. The average molecular weight is 437 g/mol. The van der Waals surface area contributed by atoms with Crippen LogP contribution in [0.25, 0.3) is 0 Å². The molecule has 0 amide bonds. The highest BCUT2D eigenvalue weighted by atomic mass is 79.9. The van der Waals surface area contributed by atoms with Crippen LogP contribution in [-0.4, -0.2) is 9.97 Å². The summed E-state index contributed by atoms with van der Waals surface area (Å²) in [5, 5.41) is 0.492. The van der Waals surface area contributed by atoms with Gasteiger partial charge in [0.2, 0.25) is 0 Å². The maximum Gasteiger partial charge on any atom is 0.147 e. The van der Waals surface area contributed by atoms with Gasteiger partial charge in [-0.1, -0.05) is 37.1 Å². The van der Waals surface area contributed by atoms with Gasteiger partial charge in [-0.3, -0.25) is 0 Å². The fourth-order valence-corrected chi connectivity index (χ4v) is 3.69. The first-order chi connectivity index (χ1) is 9.61. The van der Waals surface area contributed by atoms with Crippen molar-refractivity contribution in [3.8, 4) is 0 Å². The summed E-state index contributed by atoms with van der Waals surface area (Å²) in [5.74, 6) is 1.47. The van der Waals surface area contributed by atoms with E-state index in [1.165, 1.54) is 4.90 Å². The summed E-state index contributed by atoms with van der Waals surface area (Å²) >= 11 is 14.8. The Morgan fingerprint density at radius 1 is 1.20 bits per heavy atom. The number of aromatic nitrogens is 2. The van der Waals surface area contributed by atoms with Gasteiger partial charge in [0, 0.05) is 9.37 Å². The number of halogens is 3. The molecule has 0 aliphatic heterocycles. The van der Waals surface area contributed by atoms with Crippen molar-refractivity contribution < 1.29 is 0 Å². The van der Waals surface area contributed by atoms with Gasteiger partial charge in [0.15, 0.2) is 0 Å². The van der Waals surface area contributed by atoms with Gasteiger partial charge in [0.05, 0.1) is 15.9 Å². The zero-order valence-electron chi connectivity index (χ0n) is 10.9. The van der Waals surface area contributed by atoms with E-state index in [1.807, 2.05) is 18.2 Å². The van der Waals surface area contributed by atoms with E-state index in [9.17, 15) is 0 Å². The summed E-state index contributed by atoms with van der Waals surface area (Å²) < 4.78 is 1.90. The van der Waals surface area contributed by atoms with Gasteiger partial charge < -0.3 is 0 Å². The van der Waals surface area contributed by atoms with E-state index in [2.05, 4.69) is 54.8 Å². The fraction of sp³-hybridized carbons (Fsp3) is 0.286. The summed E-state index contributed by atoms with van der Waals surface area (Å²) in [5.41, 5.74) is 0.982. The van der Waals surface area contributed by atoms with Crippen molar-refractivity contribution in [2.45, 2.75) is 30.4 Å². The molecule has 0 N–H and O–H groups in total. The third kappa shape index (κ3) is 4.20. The Labute approximate surface area is 145 Å². The lowest BCUT2D eigenvalue weighted by Crippen LogP contribution is -2.00. The van der Waals surface area contributed by atoms with Gasteiger partial charge >= 0.3 is 0 Å². The van der Waals surface area contributed by atoms with Crippen molar-refractivity contribution in [2.75, 3.05) is 0 Å². The van der Waals surface area contributed by atoms with Gasteiger partial charge in [-0.15, -0.1) is 11.8 Å². The highest BCUT2D eigenvalue weighted by Gasteiger charge is 2.11. The molecule has 1 aromatic carbocycles. The Morgan fingerprint density at radius 3 is 2.65 bits per heavy atom. The molecule has 0 saturated carbocycles. The largest absolute Gasteiger partial charge is 0.236 e. The van der Waals surface area contributed by atoms with E-state index in [1.54, 1.807) is 11.8 Å². The maximum atomic E-state index is 6.15. The van der Waals surface area contributed by atoms with Gasteiger partial charge in [-0.25, -0.2) is 9.97 Å². The van der Waals surface area contributed by atoms with Crippen molar-refractivity contribution >= 4 is 55.2 Å². The van der Waals surface area contributed by atoms with E-state index >= 15 is 0 Å². The molecule has 2 nitrogen and oxygen atoms in total. The molecule has 0 radical (unpaired) electrons. The van der Waals surface area contributed by atoms with Crippen molar-refractivity contribution in [3.05, 3.63) is 49.9 Å². The SMILES string of the molecule is CCCc1nc(CSc2ccccc2Br)nc(Cl)c1Br. The monoisotopic (exact) mass is 434 g/mol. The van der Waals surface area contributed by atoms with Gasteiger partial charge in [-0.05, 0) is 50.4 Å². The highest BCUT2D eigenvalue weighted by molar-refractivity contribution is 9.10. The average Bonchev–Trinajstić information content (AvgIpc) is 2.43. The second-order valence-electron chi connectivity index (χ2n) is 4.16. The molecule has 0 unspecified atom stereocenters. The van der Waals surface area contributed by atoms with Crippen LogP contribution in [0.5, 0.6) is 0 Å². The van der Waals surface area contributed by atoms with Crippen LogP contribution in [-0.2, 0) is 12.2 Å². The summed E-state index contributed by atoms with van der Waals surface area (Å²) in [6.07, 6.45) is 1.93. The van der Waals surface area contributed by atoms with Crippen LogP contribution in [0.3, 0.4) is 0 Å². The number of aryl methyl sites for hydroxylation is 1. The standard InChI is InChI=1S/C14H13Br2ClN2S/c1-2-5-10-13(16)14(17)19-12(18-10)8-20-11-7-4-3-6-9(11)15/h3-4,6-7H,2,5,8H2,1H3. The van der Waals surface area contributed by atoms with Crippen LogP contribution in [0.4, 0.5) is 0 Å². The summed E-state index contributed by atoms with van der Waals surface area (Å²) in [7, 11) is 0. The Bertz CT molecular complexity index is 608. The second-order valence-corrected chi connectivity index (χ2v) is 7.18. The number of nitrogens with zero attached hydrogens (tertiary/aromatic N) is 2. The zero-order chi connectivity index (χ0) is 14.5. The number of rotatable bonds is 5. The van der Waals surface area contributed by atoms with Gasteiger partial charge in [-0.2, -0.15) is 0 Å². The Hall–Kier alpha value is -0.100. The Balaban J connectivity index is 2.16. The number of hydrogen-bond acceptors (Lipinski definition) is 3. The van der Waals surface area contributed by atoms with E-state index < -0.39 is 0 Å². The molecule has 20 heavy (non-hydrogen) atoms. The van der Waals surface area contributed by atoms with Crippen LogP contribution in [0.2, 0.25) is 5.15 Å². The number of hydrogen-bond donors (Lipinski definition) is 0. The summed E-state index contributed by atoms with van der Waals surface area (Å²) in [4.78, 5) is 10.1. The molecule has 0 aliphatic rings. The third-order valence-electron chi connectivity index (χ3n) is 2.61. The van der Waals surface area contributed by atoms with Crippen LogP contribution in [0.1, 0.15) is 24.9 Å². The lowest BCUT2D eigenvalue weighted by molar-refractivity contribution is 0.845. The molecule has 106 valence electrons. The Kier molecular flexibility index (Phi) is 6.33. The smallest absolute Gasteiger partial charge is 0.147 e. The minimum absolute atomic E-state index is 0.492. The minimum atomic E-state index is 0.492. The first kappa shape index (κ1) is 16.3. The van der Waals surface area contributed by atoms with Crippen LogP contribution in [0, 0.1) is 0 Å². The third-order valence-corrected chi connectivity index (χ3v) is 5.96. The topological polar surface area (TPSA) is 25.8 Å².